The molecule has 0 unspecified atom stereocenters. The average molecular weight is 457 g/mol. The molecule has 2 heterocycles. The van der Waals surface area contributed by atoms with Crippen LogP contribution in [-0.4, -0.2) is 52.5 Å². The van der Waals surface area contributed by atoms with Crippen LogP contribution in [0.4, 0.5) is 5.82 Å². The molecule has 10 heteroatoms. The number of hydrogen-bond acceptors (Lipinski definition) is 6. The number of nitrogens with zero attached hydrogens (tertiary/aromatic N) is 5. The number of sulfonamides is 1. The number of carbonyl (C=O) groups is 1. The Hall–Kier alpha value is -3.11. The summed E-state index contributed by atoms with van der Waals surface area (Å²) in [5, 5.41) is 7.43. The summed E-state index contributed by atoms with van der Waals surface area (Å²) in [6.07, 6.45) is 3.18. The average Bonchev–Trinajstić information content (AvgIpc) is 3.14. The molecule has 170 valence electrons. The van der Waals surface area contributed by atoms with E-state index in [9.17, 15) is 13.2 Å². The van der Waals surface area contributed by atoms with E-state index >= 15 is 0 Å². The largest absolute Gasteiger partial charge is 0.306 e. The molecule has 0 bridgehead atoms. The fourth-order valence-electron chi connectivity index (χ4n) is 3.00. The molecular formula is C22H28N6O3S. The lowest BCUT2D eigenvalue weighted by molar-refractivity contribution is 0.102. The fourth-order valence-corrected chi connectivity index (χ4v) is 4.22. The van der Waals surface area contributed by atoms with Crippen molar-refractivity contribution in [2.24, 2.45) is 0 Å². The van der Waals surface area contributed by atoms with Crippen LogP contribution in [0.5, 0.6) is 0 Å². The number of hydrogen-bond donors (Lipinski definition) is 1. The topological polar surface area (TPSA) is 110 Å². The first-order valence-corrected chi connectivity index (χ1v) is 11.5. The van der Waals surface area contributed by atoms with Gasteiger partial charge in [-0.15, -0.1) is 0 Å². The fraction of sp³-hybridized carbons (Fsp3) is 0.364. The number of amides is 1. The second-order valence-electron chi connectivity index (χ2n) is 8.78. The number of aromatic nitrogens is 4. The first kappa shape index (κ1) is 23.6. The Kier molecular flexibility index (Phi) is 6.21. The summed E-state index contributed by atoms with van der Waals surface area (Å²) in [4.78, 5) is 21.7. The number of aryl methyl sites for hydroxylation is 1. The SMILES string of the molecule is Cc1cc(C(=O)Nc2cc(C(C)(C)C)nn2-c2ncccn2)cc(S(=O)(=O)N(C)C)c1C. The second kappa shape index (κ2) is 8.44. The molecule has 32 heavy (non-hydrogen) atoms. The van der Waals surface area contributed by atoms with Crippen LogP contribution >= 0.6 is 0 Å². The Morgan fingerprint density at radius 1 is 1.06 bits per heavy atom. The number of rotatable bonds is 5. The van der Waals surface area contributed by atoms with E-state index in [2.05, 4.69) is 20.4 Å². The Labute approximate surface area is 188 Å². The van der Waals surface area contributed by atoms with Crippen molar-refractivity contribution in [3.05, 3.63) is 59.0 Å². The zero-order valence-electron chi connectivity index (χ0n) is 19.3. The molecule has 0 radical (unpaired) electrons. The van der Waals surface area contributed by atoms with Crippen LogP contribution < -0.4 is 5.32 Å². The Bertz CT molecular complexity index is 1260. The molecule has 3 rings (SSSR count). The van der Waals surface area contributed by atoms with Gasteiger partial charge in [-0.25, -0.2) is 22.7 Å². The van der Waals surface area contributed by atoms with Gasteiger partial charge in [0, 0.05) is 43.5 Å². The second-order valence-corrected chi connectivity index (χ2v) is 10.9. The van der Waals surface area contributed by atoms with Gasteiger partial charge < -0.3 is 5.32 Å². The standard InChI is InChI=1S/C22H28N6O3S/c1-14-11-16(12-17(15(14)2)32(30,31)27(6)7)20(29)25-19-13-18(22(3,4)5)26-28(19)21-23-9-8-10-24-21/h8-13H,1-7H3,(H,25,29). The van der Waals surface area contributed by atoms with E-state index in [4.69, 9.17) is 0 Å². The number of carbonyl (C=O) groups excluding carboxylic acids is 1. The summed E-state index contributed by atoms with van der Waals surface area (Å²) >= 11 is 0. The zero-order valence-corrected chi connectivity index (χ0v) is 20.1. The number of nitrogens with one attached hydrogen (secondary N) is 1. The van der Waals surface area contributed by atoms with E-state index in [0.29, 0.717) is 22.9 Å². The minimum atomic E-state index is -3.71. The van der Waals surface area contributed by atoms with Gasteiger partial charge >= 0.3 is 0 Å². The molecule has 9 nitrogen and oxygen atoms in total. The van der Waals surface area contributed by atoms with Gasteiger partial charge in [0.25, 0.3) is 11.9 Å². The molecule has 3 aromatic rings. The van der Waals surface area contributed by atoms with E-state index in [1.165, 1.54) is 24.8 Å². The van der Waals surface area contributed by atoms with E-state index in [0.717, 1.165) is 10.00 Å². The number of benzene rings is 1. The monoisotopic (exact) mass is 456 g/mol. The van der Waals surface area contributed by atoms with Crippen LogP contribution in [0.25, 0.3) is 5.95 Å². The summed E-state index contributed by atoms with van der Waals surface area (Å²) in [7, 11) is -0.786. The maximum atomic E-state index is 13.2. The van der Waals surface area contributed by atoms with E-state index < -0.39 is 15.9 Å². The predicted octanol–water partition coefficient (Wildman–Crippen LogP) is 3.08. The molecule has 2 aromatic heterocycles. The third-order valence-electron chi connectivity index (χ3n) is 5.10. The van der Waals surface area contributed by atoms with Gasteiger partial charge in [-0.1, -0.05) is 20.8 Å². The highest BCUT2D eigenvalue weighted by Crippen LogP contribution is 2.27. The minimum Gasteiger partial charge on any atom is -0.306 e. The van der Waals surface area contributed by atoms with Crippen LogP contribution in [0.3, 0.4) is 0 Å². The molecule has 0 fully saturated rings. The van der Waals surface area contributed by atoms with Crippen LogP contribution in [0.1, 0.15) is 48.0 Å². The van der Waals surface area contributed by atoms with Crippen molar-refractivity contribution in [2.45, 2.75) is 44.9 Å². The maximum Gasteiger partial charge on any atom is 0.256 e. The summed E-state index contributed by atoms with van der Waals surface area (Å²) in [6, 6.07) is 6.53. The molecule has 1 amide bonds. The first-order chi connectivity index (χ1) is 14.8. The maximum absolute atomic E-state index is 13.2. The highest BCUT2D eigenvalue weighted by Gasteiger charge is 2.25. The predicted molar refractivity (Wildman–Crippen MR) is 123 cm³/mol. The summed E-state index contributed by atoms with van der Waals surface area (Å²) < 4.78 is 28.1. The zero-order chi connectivity index (χ0) is 23.8. The smallest absolute Gasteiger partial charge is 0.256 e. The van der Waals surface area contributed by atoms with Gasteiger partial charge in [0.05, 0.1) is 10.6 Å². The van der Waals surface area contributed by atoms with Crippen molar-refractivity contribution in [3.8, 4) is 5.95 Å². The lowest BCUT2D eigenvalue weighted by atomic mass is 9.92. The van der Waals surface area contributed by atoms with Gasteiger partial charge in [-0.05, 0) is 43.2 Å². The van der Waals surface area contributed by atoms with E-state index in [1.807, 2.05) is 20.8 Å². The van der Waals surface area contributed by atoms with Crippen molar-refractivity contribution < 1.29 is 13.2 Å². The van der Waals surface area contributed by atoms with Gasteiger partial charge in [0.15, 0.2) is 0 Å². The Morgan fingerprint density at radius 3 is 2.25 bits per heavy atom. The lowest BCUT2D eigenvalue weighted by Crippen LogP contribution is -2.24. The third kappa shape index (κ3) is 4.56. The van der Waals surface area contributed by atoms with Crippen LogP contribution in [0.2, 0.25) is 0 Å². The van der Waals surface area contributed by atoms with Crippen molar-refractivity contribution in [1.29, 1.82) is 0 Å². The van der Waals surface area contributed by atoms with Gasteiger partial charge in [0.2, 0.25) is 10.0 Å². The van der Waals surface area contributed by atoms with Gasteiger partial charge in [-0.2, -0.15) is 9.78 Å². The molecule has 0 aliphatic heterocycles. The van der Waals surface area contributed by atoms with Crippen LogP contribution in [0.15, 0.2) is 41.6 Å². The van der Waals surface area contributed by atoms with Crippen LogP contribution in [0, 0.1) is 13.8 Å². The normalized spacial score (nSPS) is 12.2. The summed E-state index contributed by atoms with van der Waals surface area (Å²) in [6.45, 7) is 9.54. The molecular weight excluding hydrogens is 428 g/mol. The molecule has 0 saturated heterocycles. The first-order valence-electron chi connectivity index (χ1n) is 10.1. The Balaban J connectivity index is 2.06. The lowest BCUT2D eigenvalue weighted by Gasteiger charge is -2.16. The molecule has 1 aromatic carbocycles. The number of anilines is 1. The minimum absolute atomic E-state index is 0.0999. The van der Waals surface area contributed by atoms with Gasteiger partial charge in [-0.3, -0.25) is 4.79 Å². The quantitative estimate of drug-likeness (QED) is 0.632. The van der Waals surface area contributed by atoms with Crippen molar-refractivity contribution >= 4 is 21.7 Å². The Morgan fingerprint density at radius 2 is 1.69 bits per heavy atom. The molecule has 0 atom stereocenters. The highest BCUT2D eigenvalue weighted by atomic mass is 32.2. The summed E-state index contributed by atoms with van der Waals surface area (Å²) in [5.74, 6) is 0.247. The van der Waals surface area contributed by atoms with E-state index in [-0.39, 0.29) is 15.9 Å². The molecule has 0 aliphatic rings. The van der Waals surface area contributed by atoms with Crippen LogP contribution in [-0.2, 0) is 15.4 Å². The summed E-state index contributed by atoms with van der Waals surface area (Å²) in [5.41, 5.74) is 2.01. The van der Waals surface area contributed by atoms with Crippen molar-refractivity contribution in [1.82, 2.24) is 24.1 Å². The van der Waals surface area contributed by atoms with E-state index in [1.54, 1.807) is 44.4 Å². The van der Waals surface area contributed by atoms with Crippen molar-refractivity contribution in [3.63, 3.8) is 0 Å². The third-order valence-corrected chi connectivity index (χ3v) is 7.04. The molecule has 0 aliphatic carbocycles. The highest BCUT2D eigenvalue weighted by molar-refractivity contribution is 7.89. The van der Waals surface area contributed by atoms with Crippen molar-refractivity contribution in [2.75, 3.05) is 19.4 Å². The molecule has 0 saturated carbocycles. The van der Waals surface area contributed by atoms with Gasteiger partial charge in [0.1, 0.15) is 5.82 Å². The molecule has 1 N–H and O–H groups in total. The molecule has 0 spiro atoms.